The molecule has 6 aromatic rings. The minimum Gasteiger partial charge on any atom is -0.267 e. The van der Waals surface area contributed by atoms with Crippen molar-refractivity contribution in [3.63, 3.8) is 0 Å². The fraction of sp³-hybridized carbons (Fsp3) is 0.333. The first-order chi connectivity index (χ1) is 29.5. The van der Waals surface area contributed by atoms with Gasteiger partial charge in [-0.05, 0) is 150 Å². The Kier molecular flexibility index (Phi) is 12.2. The summed E-state index contributed by atoms with van der Waals surface area (Å²) < 4.78 is 11.9. The third-order valence-electron chi connectivity index (χ3n) is 12.6. The lowest BCUT2D eigenvalue weighted by Crippen LogP contribution is -2.61. The zero-order valence-corrected chi connectivity index (χ0v) is 45.8. The molecule has 63 heavy (non-hydrogen) atoms. The maximum Gasteiger partial charge on any atom is 0.194 e. The van der Waals surface area contributed by atoms with Crippen molar-refractivity contribution in [2.45, 2.75) is 122 Å². The summed E-state index contributed by atoms with van der Waals surface area (Å²) in [7, 11) is -6.14. The third kappa shape index (κ3) is 8.02. The average Bonchev–Trinajstić information content (AvgIpc) is 3.14. The van der Waals surface area contributed by atoms with Crippen molar-refractivity contribution in [2.24, 2.45) is 0 Å². The fourth-order valence-electron chi connectivity index (χ4n) is 10.6. The van der Waals surface area contributed by atoms with Gasteiger partial charge in [0.05, 0.1) is 11.4 Å². The molecule has 2 bridgehead atoms. The lowest BCUT2D eigenvalue weighted by molar-refractivity contribution is 0.923. The number of nitrogens with zero attached hydrogens (tertiary/aromatic N) is 4. The monoisotopic (exact) mass is 922 g/mol. The minimum atomic E-state index is -2.02. The van der Waals surface area contributed by atoms with Gasteiger partial charge in [-0.15, -0.1) is 0 Å². The van der Waals surface area contributed by atoms with Crippen LogP contribution in [0.3, 0.4) is 0 Å². The van der Waals surface area contributed by atoms with Crippen molar-refractivity contribution >= 4 is 56.7 Å². The maximum atomic E-state index is 3.00. The van der Waals surface area contributed by atoms with E-state index < -0.39 is 33.2 Å². The number of hydrogen-bond donors (Lipinski definition) is 0. The summed E-state index contributed by atoms with van der Waals surface area (Å²) in [6.07, 6.45) is 0. The van der Waals surface area contributed by atoms with E-state index in [-0.39, 0.29) is 0 Å². The van der Waals surface area contributed by atoms with Gasteiger partial charge in [0.1, 0.15) is 16.5 Å². The second kappa shape index (κ2) is 16.7. The van der Waals surface area contributed by atoms with Crippen LogP contribution in [0.25, 0.3) is 44.5 Å². The van der Waals surface area contributed by atoms with Crippen LogP contribution in [0.15, 0.2) is 84.9 Å². The number of anilines is 2. The molecule has 0 amide bonds. The molecule has 8 rings (SSSR count). The summed E-state index contributed by atoms with van der Waals surface area (Å²) >= 11 is 2.10. The largest absolute Gasteiger partial charge is 0.267 e. The van der Waals surface area contributed by atoms with Crippen LogP contribution in [0.2, 0.25) is 39.3 Å². The molecule has 2 saturated heterocycles. The first kappa shape index (κ1) is 46.0. The average molecular weight is 923 g/mol. The SMILES string of the molecule is Cc1cc(C)c(-c2cccc(-c3c(C)cc(C)cc3C)c2N2P3N(c4c(-c5c(C)cc(C)cc5C)cccc4-c4c(C)cc(C)cc4C)P2N([Si](C)(C)C)SN3[Si](C)(C)C)c(C)c1. The van der Waals surface area contributed by atoms with Gasteiger partial charge >= 0.3 is 0 Å². The van der Waals surface area contributed by atoms with Crippen molar-refractivity contribution in [3.8, 4) is 44.5 Å². The number of fused-ring (bicyclic) bond motifs is 2. The van der Waals surface area contributed by atoms with Gasteiger partial charge in [-0.25, -0.2) is 7.48 Å². The Morgan fingerprint density at radius 3 is 0.746 bits per heavy atom. The van der Waals surface area contributed by atoms with E-state index in [9.17, 15) is 0 Å². The van der Waals surface area contributed by atoms with Crippen LogP contribution in [-0.2, 0) is 0 Å². The molecule has 2 aliphatic rings. The molecular formula is C54H68N4P2SSi2. The van der Waals surface area contributed by atoms with Crippen molar-refractivity contribution in [3.05, 3.63) is 152 Å². The molecule has 0 N–H and O–H groups in total. The molecule has 0 aromatic heterocycles. The standard InChI is InChI=1S/C54H68N4P2SSi2/c1-33-25-37(5)49(38(6)26-33)45-21-19-22-46(50-39(7)27-34(2)28-40(50)8)53(45)55-59-56(60(55)58(63(16,17)18)61-57(59)62(13,14)15)54-47(51-41(9)29-35(3)30-42(51)10)23-20-24-48(54)52-43(11)31-36(4)32-44(52)12/h19-32H,1-18H3. The number of para-hydroxylation sites is 2. The zero-order chi connectivity index (χ0) is 45.8. The van der Waals surface area contributed by atoms with E-state index in [0.717, 1.165) is 0 Å². The third-order valence-corrected chi connectivity index (χ3v) is 29.7. The smallest absolute Gasteiger partial charge is 0.194 e. The number of aryl methyl sites for hydroxylation is 12. The van der Waals surface area contributed by atoms with E-state index in [2.05, 4.69) is 236 Å². The highest BCUT2D eigenvalue weighted by Crippen LogP contribution is 2.89. The van der Waals surface area contributed by atoms with E-state index in [1.165, 1.54) is 123 Å². The number of rotatable bonds is 8. The Balaban J connectivity index is 1.53. The van der Waals surface area contributed by atoms with E-state index in [1.54, 1.807) is 0 Å². The normalized spacial score (nSPS) is 17.1. The second-order valence-corrected chi connectivity index (χ2v) is 37.1. The van der Waals surface area contributed by atoms with Gasteiger partial charge in [-0.3, -0.25) is 8.88 Å². The number of hydrogen-bond acceptors (Lipinski definition) is 5. The zero-order valence-electron chi connectivity index (χ0n) is 41.2. The van der Waals surface area contributed by atoms with Crippen LogP contribution in [0.1, 0.15) is 66.8 Å². The summed E-state index contributed by atoms with van der Waals surface area (Å²) in [5.41, 5.74) is 29.7. The molecule has 2 aliphatic heterocycles. The Morgan fingerprint density at radius 1 is 0.349 bits per heavy atom. The highest BCUT2D eigenvalue weighted by molar-refractivity contribution is 8.16. The molecule has 0 unspecified atom stereocenters. The van der Waals surface area contributed by atoms with Crippen molar-refractivity contribution in [1.29, 1.82) is 0 Å². The summed E-state index contributed by atoms with van der Waals surface area (Å²) in [5, 5.41) is 0. The fourth-order valence-corrected chi connectivity index (χ4v) is 27.8. The van der Waals surface area contributed by atoms with Gasteiger partial charge in [-0.2, -0.15) is 0 Å². The maximum absolute atomic E-state index is 3.00. The first-order valence-corrected chi connectivity index (χ1v) is 32.6. The molecule has 4 nitrogen and oxygen atoms in total. The lowest BCUT2D eigenvalue weighted by Gasteiger charge is -2.70. The highest BCUT2D eigenvalue weighted by atomic mass is 32.2. The predicted molar refractivity (Wildman–Crippen MR) is 288 cm³/mol. The van der Waals surface area contributed by atoms with Crippen LogP contribution >= 0.6 is 28.9 Å². The van der Waals surface area contributed by atoms with Crippen LogP contribution in [0, 0.1) is 83.1 Å². The van der Waals surface area contributed by atoms with E-state index in [1.807, 2.05) is 0 Å². The quantitative estimate of drug-likeness (QED) is 0.0854. The predicted octanol–water partition coefficient (Wildman–Crippen LogP) is 17.7. The molecule has 9 heteroatoms. The molecule has 2 heterocycles. The van der Waals surface area contributed by atoms with E-state index in [0.29, 0.717) is 0 Å². The van der Waals surface area contributed by atoms with Gasteiger partial charge < -0.3 is 0 Å². The van der Waals surface area contributed by atoms with Gasteiger partial charge in [0.25, 0.3) is 0 Å². The Morgan fingerprint density at radius 2 is 0.556 bits per heavy atom. The minimum absolute atomic E-state index is 1.05. The van der Waals surface area contributed by atoms with Gasteiger partial charge in [0.2, 0.25) is 0 Å². The summed E-state index contributed by atoms with van der Waals surface area (Å²) in [4.78, 5) is 0. The Bertz CT molecular complexity index is 2380. The molecule has 0 saturated carbocycles. The lowest BCUT2D eigenvalue weighted by atomic mass is 9.87. The second-order valence-electron chi connectivity index (χ2n) is 20.6. The summed E-state index contributed by atoms with van der Waals surface area (Å²) in [6, 6.07) is 33.5. The Hall–Kier alpha value is -3.52. The molecule has 328 valence electrons. The van der Waals surface area contributed by atoms with Crippen LogP contribution in [0.4, 0.5) is 11.4 Å². The van der Waals surface area contributed by atoms with E-state index in [4.69, 9.17) is 0 Å². The molecule has 0 aliphatic carbocycles. The summed E-state index contributed by atoms with van der Waals surface area (Å²) in [5.74, 6) is 0. The van der Waals surface area contributed by atoms with Gasteiger partial charge in [-0.1, -0.05) is 146 Å². The molecule has 2 fully saturated rings. The molecule has 0 atom stereocenters. The van der Waals surface area contributed by atoms with Crippen LogP contribution in [0.5, 0.6) is 0 Å². The molecular weight excluding hydrogens is 855 g/mol. The Labute approximate surface area is 389 Å². The van der Waals surface area contributed by atoms with Crippen LogP contribution in [-0.4, -0.2) is 24.0 Å². The van der Waals surface area contributed by atoms with Gasteiger partial charge in [0, 0.05) is 34.4 Å². The number of benzene rings is 6. The summed E-state index contributed by atoms with van der Waals surface area (Å²) in [6.45, 7) is 43.0. The molecule has 0 radical (unpaired) electrons. The van der Waals surface area contributed by atoms with Crippen molar-refractivity contribution in [2.75, 3.05) is 8.88 Å². The first-order valence-electron chi connectivity index (χ1n) is 22.6. The van der Waals surface area contributed by atoms with Crippen molar-refractivity contribution in [1.82, 2.24) is 7.48 Å². The highest BCUT2D eigenvalue weighted by Gasteiger charge is 2.65. The molecule has 0 spiro atoms. The topological polar surface area (TPSA) is 13.0 Å². The van der Waals surface area contributed by atoms with Crippen LogP contribution < -0.4 is 8.88 Å². The van der Waals surface area contributed by atoms with Crippen molar-refractivity contribution < 1.29 is 0 Å². The molecule has 6 aromatic carbocycles. The van der Waals surface area contributed by atoms with E-state index >= 15 is 0 Å². The van der Waals surface area contributed by atoms with Gasteiger partial charge in [0.15, 0.2) is 16.7 Å².